The molecule has 4 heterocycles. The summed E-state index contributed by atoms with van der Waals surface area (Å²) in [5.74, 6) is 0.907. The molecule has 0 unspecified atom stereocenters. The van der Waals surface area contributed by atoms with E-state index in [0.29, 0.717) is 12.4 Å². The van der Waals surface area contributed by atoms with Crippen molar-refractivity contribution < 1.29 is 0 Å². The molecule has 0 bridgehead atoms. The molecule has 7 heteroatoms. The molecule has 0 radical (unpaired) electrons. The summed E-state index contributed by atoms with van der Waals surface area (Å²) in [6, 6.07) is 12.2. The number of hydrogen-bond donors (Lipinski definition) is 2. The van der Waals surface area contributed by atoms with Crippen molar-refractivity contribution in [3.8, 4) is 10.4 Å². The van der Waals surface area contributed by atoms with Crippen molar-refractivity contribution >= 4 is 45.2 Å². The van der Waals surface area contributed by atoms with Crippen LogP contribution < -0.4 is 11.1 Å². The Bertz CT molecular complexity index is 1130. The lowest BCUT2D eigenvalue weighted by molar-refractivity contribution is 1.11. The second-order valence-corrected chi connectivity index (χ2v) is 7.03. The summed E-state index contributed by atoms with van der Waals surface area (Å²) in [4.78, 5) is 19.3. The average Bonchev–Trinajstić information content (AvgIpc) is 3.27. The number of nitrogens with two attached hydrogens (primary N) is 1. The van der Waals surface area contributed by atoms with Crippen LogP contribution in [0.5, 0.6) is 0 Å². The number of aromatic nitrogens is 3. The largest absolute Gasteiger partial charge is 0.368 e. The van der Waals surface area contributed by atoms with Gasteiger partial charge in [-0.25, -0.2) is 9.97 Å². The first kappa shape index (κ1) is 15.0. The van der Waals surface area contributed by atoms with Crippen LogP contribution in [0.4, 0.5) is 17.5 Å². The highest BCUT2D eigenvalue weighted by Gasteiger charge is 2.17. The monoisotopic (exact) mass is 358 g/mol. The Morgan fingerprint density at radius 3 is 2.92 bits per heavy atom. The number of nitrogens with zero attached hydrogens (tertiary/aromatic N) is 4. The summed E-state index contributed by atoms with van der Waals surface area (Å²) in [6.07, 6.45) is 5.38. The van der Waals surface area contributed by atoms with Crippen molar-refractivity contribution in [2.75, 3.05) is 11.1 Å². The minimum Gasteiger partial charge on any atom is -0.368 e. The minimum absolute atomic E-state index is 0.244. The number of aliphatic imine (C=N–C) groups is 1. The molecule has 1 aliphatic rings. The van der Waals surface area contributed by atoms with E-state index >= 15 is 0 Å². The van der Waals surface area contributed by atoms with Crippen LogP contribution >= 0.6 is 11.3 Å². The van der Waals surface area contributed by atoms with E-state index in [2.05, 4.69) is 49.5 Å². The molecule has 0 spiro atoms. The number of thiophene rings is 1. The number of anilines is 3. The second kappa shape index (κ2) is 5.89. The van der Waals surface area contributed by atoms with Gasteiger partial charge in [0, 0.05) is 40.1 Å². The molecule has 0 saturated carbocycles. The fourth-order valence-corrected chi connectivity index (χ4v) is 4.16. The summed E-state index contributed by atoms with van der Waals surface area (Å²) in [5, 5.41) is 4.47. The van der Waals surface area contributed by atoms with Gasteiger partial charge in [-0.3, -0.25) is 4.99 Å². The molecule has 0 fully saturated rings. The molecule has 0 amide bonds. The van der Waals surface area contributed by atoms with Gasteiger partial charge >= 0.3 is 0 Å². The number of benzene rings is 1. The Hall–Kier alpha value is -3.32. The van der Waals surface area contributed by atoms with Gasteiger partial charge in [-0.1, -0.05) is 6.07 Å². The zero-order valence-electron chi connectivity index (χ0n) is 13.7. The number of fused-ring (bicyclic) bond motifs is 2. The SMILES string of the molecule is Nc1nccc(Nc2cc3c(c(-c4cc5cccnc5s4)c2)CN=C3)n1. The number of pyridine rings is 1. The molecule has 0 aliphatic carbocycles. The van der Waals surface area contributed by atoms with E-state index in [1.807, 2.05) is 18.5 Å². The third kappa shape index (κ3) is 2.58. The van der Waals surface area contributed by atoms with Crippen LogP contribution in [-0.2, 0) is 6.54 Å². The van der Waals surface area contributed by atoms with Crippen LogP contribution in [0.15, 0.2) is 53.8 Å². The molecule has 1 aromatic carbocycles. The van der Waals surface area contributed by atoms with Crippen LogP contribution in [0, 0.1) is 0 Å². The summed E-state index contributed by atoms with van der Waals surface area (Å²) < 4.78 is 0. The smallest absolute Gasteiger partial charge is 0.221 e. The molecular formula is C19H14N6S. The first-order valence-electron chi connectivity index (χ1n) is 8.13. The fourth-order valence-electron chi connectivity index (χ4n) is 3.11. The minimum atomic E-state index is 0.244. The van der Waals surface area contributed by atoms with Crippen molar-refractivity contribution in [2.45, 2.75) is 6.54 Å². The van der Waals surface area contributed by atoms with E-state index in [1.54, 1.807) is 23.6 Å². The molecule has 5 rings (SSSR count). The van der Waals surface area contributed by atoms with Gasteiger partial charge in [-0.2, -0.15) is 4.98 Å². The van der Waals surface area contributed by atoms with Crippen LogP contribution in [0.25, 0.3) is 20.7 Å². The van der Waals surface area contributed by atoms with E-state index in [0.717, 1.165) is 21.5 Å². The third-order valence-corrected chi connectivity index (χ3v) is 5.36. The second-order valence-electron chi connectivity index (χ2n) is 5.99. The summed E-state index contributed by atoms with van der Waals surface area (Å²) >= 11 is 1.69. The summed E-state index contributed by atoms with van der Waals surface area (Å²) in [6.45, 7) is 0.701. The van der Waals surface area contributed by atoms with Gasteiger partial charge in [0.05, 0.1) is 6.54 Å². The van der Waals surface area contributed by atoms with Gasteiger partial charge < -0.3 is 11.1 Å². The molecule has 126 valence electrons. The highest BCUT2D eigenvalue weighted by Crippen LogP contribution is 2.38. The molecule has 0 saturated heterocycles. The summed E-state index contributed by atoms with van der Waals surface area (Å²) in [5.41, 5.74) is 10.2. The Kier molecular flexibility index (Phi) is 3.39. The quantitative estimate of drug-likeness (QED) is 0.577. The number of hydrogen-bond acceptors (Lipinski definition) is 7. The topological polar surface area (TPSA) is 89.1 Å². The van der Waals surface area contributed by atoms with Gasteiger partial charge in [0.15, 0.2) is 0 Å². The average molecular weight is 358 g/mol. The highest BCUT2D eigenvalue weighted by atomic mass is 32.1. The Balaban J connectivity index is 1.62. The molecular weight excluding hydrogens is 344 g/mol. The Morgan fingerprint density at radius 1 is 1.08 bits per heavy atom. The van der Waals surface area contributed by atoms with Crippen LogP contribution in [0.2, 0.25) is 0 Å². The maximum atomic E-state index is 5.68. The number of nitrogen functional groups attached to an aromatic ring is 1. The van der Waals surface area contributed by atoms with E-state index in [9.17, 15) is 0 Å². The molecule has 3 N–H and O–H groups in total. The standard InChI is InChI=1S/C19H14N6S/c20-19-23-5-3-17(25-19)24-13-6-12-9-21-10-15(12)14(8-13)16-7-11-2-1-4-22-18(11)26-16/h1-9H,10H2,(H3,20,23,24,25). The van der Waals surface area contributed by atoms with Gasteiger partial charge in [0.1, 0.15) is 10.6 Å². The van der Waals surface area contributed by atoms with E-state index in [4.69, 9.17) is 5.73 Å². The van der Waals surface area contributed by atoms with Crippen LogP contribution in [-0.4, -0.2) is 21.2 Å². The normalized spacial score (nSPS) is 12.5. The van der Waals surface area contributed by atoms with Gasteiger partial charge in [0.25, 0.3) is 0 Å². The summed E-state index contributed by atoms with van der Waals surface area (Å²) in [7, 11) is 0. The predicted molar refractivity (Wildman–Crippen MR) is 106 cm³/mol. The predicted octanol–water partition coefficient (Wildman–Crippen LogP) is 4.01. The van der Waals surface area contributed by atoms with Gasteiger partial charge in [-0.05, 0) is 41.5 Å². The van der Waals surface area contributed by atoms with Crippen molar-refractivity contribution in [2.24, 2.45) is 4.99 Å². The maximum absolute atomic E-state index is 5.68. The molecule has 1 aliphatic heterocycles. The maximum Gasteiger partial charge on any atom is 0.221 e. The van der Waals surface area contributed by atoms with E-state index in [-0.39, 0.29) is 5.95 Å². The molecule has 3 aromatic heterocycles. The van der Waals surface area contributed by atoms with E-state index in [1.165, 1.54) is 16.0 Å². The lowest BCUT2D eigenvalue weighted by Crippen LogP contribution is -2.00. The van der Waals surface area contributed by atoms with E-state index < -0.39 is 0 Å². The Morgan fingerprint density at radius 2 is 2.04 bits per heavy atom. The molecule has 4 aromatic rings. The van der Waals surface area contributed by atoms with Crippen molar-refractivity contribution in [1.82, 2.24) is 15.0 Å². The number of nitrogens with one attached hydrogen (secondary N) is 1. The third-order valence-electron chi connectivity index (χ3n) is 4.27. The van der Waals surface area contributed by atoms with Crippen molar-refractivity contribution in [3.63, 3.8) is 0 Å². The zero-order valence-corrected chi connectivity index (χ0v) is 14.5. The lowest BCUT2D eigenvalue weighted by atomic mass is 10.0. The highest BCUT2D eigenvalue weighted by molar-refractivity contribution is 7.21. The van der Waals surface area contributed by atoms with Crippen LogP contribution in [0.3, 0.4) is 0 Å². The van der Waals surface area contributed by atoms with Gasteiger partial charge in [-0.15, -0.1) is 11.3 Å². The van der Waals surface area contributed by atoms with Crippen molar-refractivity contribution in [1.29, 1.82) is 0 Å². The van der Waals surface area contributed by atoms with Gasteiger partial charge in [0.2, 0.25) is 5.95 Å². The first-order chi connectivity index (χ1) is 12.8. The fraction of sp³-hybridized carbons (Fsp3) is 0.0526. The molecule has 26 heavy (non-hydrogen) atoms. The number of rotatable bonds is 3. The van der Waals surface area contributed by atoms with Crippen LogP contribution in [0.1, 0.15) is 11.1 Å². The van der Waals surface area contributed by atoms with Crippen molar-refractivity contribution in [3.05, 3.63) is 59.9 Å². The lowest BCUT2D eigenvalue weighted by Gasteiger charge is -2.11. The molecule has 0 atom stereocenters. The Labute approximate surface area is 153 Å². The zero-order chi connectivity index (χ0) is 17.5. The molecule has 6 nitrogen and oxygen atoms in total. The first-order valence-corrected chi connectivity index (χ1v) is 8.95.